The number of nitrogens with two attached hydrogens (primary N) is 1. The number of aliphatic hydroxyl groups excluding tert-OH is 2. The van der Waals surface area contributed by atoms with E-state index in [0.717, 1.165) is 0 Å². The molecule has 0 aromatic heterocycles. The molecule has 3 aliphatic carbocycles. The third-order valence-electron chi connectivity index (χ3n) is 8.63. The molecule has 1 amide bonds. The molecule has 0 aliphatic heterocycles. The molecule has 0 radical (unpaired) electrons. The van der Waals surface area contributed by atoms with Crippen LogP contribution in [-0.4, -0.2) is 88.0 Å². The lowest BCUT2D eigenvalue weighted by atomic mass is 9.55. The van der Waals surface area contributed by atoms with Crippen LogP contribution in [0.2, 0.25) is 0 Å². The number of aliphatic hydroxyl groups is 3. The van der Waals surface area contributed by atoms with Crippen molar-refractivity contribution in [2.45, 2.75) is 30.6 Å². The topological polar surface area (TPSA) is 188 Å². The molecule has 11 heteroatoms. The number of hydrogen-bond acceptors (Lipinski definition) is 10. The van der Waals surface area contributed by atoms with E-state index in [1.165, 1.54) is 13.2 Å². The van der Waals surface area contributed by atoms with Gasteiger partial charge in [-0.15, -0.1) is 0 Å². The predicted octanol–water partition coefficient (Wildman–Crippen LogP) is 0.774. The standard InChI is InChI=1S/C29H30N2O9/c1-31(2)23-17-10-13-9-16-14(15-8-12(11-32)4-7-19(15)40-3)5-6-18(33)21(16)24(34)20(13)26(36)29(17,39)27(37)22(25(23)35)28(30)38/h4-8,11,13,17,22-23,25,33,35-36,39H,9-10H2,1-3H3,(H2,30,38)/t13-,17-,22?,23+,25?,29-/m0/s1. The molecule has 5 rings (SSSR count). The van der Waals surface area contributed by atoms with Crippen LogP contribution in [0.25, 0.3) is 11.1 Å². The summed E-state index contributed by atoms with van der Waals surface area (Å²) in [6.07, 6.45) is -0.761. The van der Waals surface area contributed by atoms with Crippen LogP contribution in [0, 0.1) is 17.8 Å². The van der Waals surface area contributed by atoms with Gasteiger partial charge in [0.05, 0.1) is 18.8 Å². The first-order valence-electron chi connectivity index (χ1n) is 12.8. The maximum Gasteiger partial charge on any atom is 0.230 e. The Balaban J connectivity index is 1.73. The summed E-state index contributed by atoms with van der Waals surface area (Å²) >= 11 is 0. The molecular formula is C29H30N2O9. The zero-order valence-electron chi connectivity index (χ0n) is 22.1. The smallest absolute Gasteiger partial charge is 0.230 e. The second kappa shape index (κ2) is 9.54. The van der Waals surface area contributed by atoms with E-state index in [0.29, 0.717) is 34.3 Å². The van der Waals surface area contributed by atoms with Crippen molar-refractivity contribution in [3.05, 3.63) is 58.4 Å². The van der Waals surface area contributed by atoms with Gasteiger partial charge in [0.25, 0.3) is 0 Å². The van der Waals surface area contributed by atoms with Crippen molar-refractivity contribution in [1.29, 1.82) is 0 Å². The summed E-state index contributed by atoms with van der Waals surface area (Å²) in [5.41, 5.74) is 4.26. The Morgan fingerprint density at radius 1 is 1.15 bits per heavy atom. The molecule has 1 fully saturated rings. The third-order valence-corrected chi connectivity index (χ3v) is 8.63. The zero-order valence-corrected chi connectivity index (χ0v) is 22.1. The first kappa shape index (κ1) is 27.5. The van der Waals surface area contributed by atoms with Crippen molar-refractivity contribution in [2.75, 3.05) is 21.2 Å². The largest absolute Gasteiger partial charge is 0.508 e. The molecule has 1 saturated carbocycles. The number of carbonyl (C=O) groups excluding carboxylic acids is 4. The number of fused-ring (bicyclic) bond motifs is 3. The highest BCUT2D eigenvalue weighted by Gasteiger charge is 2.66. The van der Waals surface area contributed by atoms with E-state index in [2.05, 4.69) is 0 Å². The van der Waals surface area contributed by atoms with Crippen LogP contribution in [-0.2, 0) is 16.0 Å². The zero-order chi connectivity index (χ0) is 29.3. The van der Waals surface area contributed by atoms with E-state index in [1.54, 1.807) is 43.3 Å². The number of primary amides is 1. The minimum Gasteiger partial charge on any atom is -0.508 e. The summed E-state index contributed by atoms with van der Waals surface area (Å²) in [7, 11) is 4.66. The van der Waals surface area contributed by atoms with Crippen LogP contribution in [0.1, 0.15) is 32.7 Å². The first-order chi connectivity index (χ1) is 18.9. The summed E-state index contributed by atoms with van der Waals surface area (Å²) in [6.45, 7) is 0. The number of aldehydes is 1. The molecule has 11 nitrogen and oxygen atoms in total. The van der Waals surface area contributed by atoms with Crippen molar-refractivity contribution in [3.8, 4) is 22.6 Å². The quantitative estimate of drug-likeness (QED) is 0.263. The van der Waals surface area contributed by atoms with Crippen LogP contribution in [0.3, 0.4) is 0 Å². The number of nitrogens with zero attached hydrogens (tertiary/aromatic N) is 1. The minimum absolute atomic E-state index is 0.00118. The summed E-state index contributed by atoms with van der Waals surface area (Å²) in [6, 6.07) is 6.76. The van der Waals surface area contributed by atoms with Crippen molar-refractivity contribution in [3.63, 3.8) is 0 Å². The number of carbonyl (C=O) groups is 4. The van der Waals surface area contributed by atoms with Crippen LogP contribution >= 0.6 is 0 Å². The van der Waals surface area contributed by atoms with E-state index in [1.807, 2.05) is 0 Å². The third kappa shape index (κ3) is 3.69. The van der Waals surface area contributed by atoms with Crippen LogP contribution in [0.4, 0.5) is 0 Å². The van der Waals surface area contributed by atoms with Gasteiger partial charge in [-0.3, -0.25) is 19.2 Å². The van der Waals surface area contributed by atoms with Crippen LogP contribution < -0.4 is 10.5 Å². The van der Waals surface area contributed by atoms with E-state index < -0.39 is 58.7 Å². The van der Waals surface area contributed by atoms with Gasteiger partial charge in [0.2, 0.25) is 5.91 Å². The SMILES string of the molecule is COc1ccc(C=O)cc1-c1ccc(O)c2c1C[C@H]1C[C@H]3[C@@H](N(C)C)C(O)C(C(N)=O)C(=O)[C@@]3(O)C(O)=C1C2=O. The lowest BCUT2D eigenvalue weighted by molar-refractivity contribution is -0.178. The Bertz CT molecular complexity index is 1500. The Kier molecular flexibility index (Phi) is 6.56. The molecule has 3 aliphatic rings. The normalized spacial score (nSPS) is 29.5. The fourth-order valence-electron chi connectivity index (χ4n) is 6.87. The highest BCUT2D eigenvalue weighted by molar-refractivity contribution is 6.16. The van der Waals surface area contributed by atoms with Crippen molar-refractivity contribution < 1.29 is 44.3 Å². The van der Waals surface area contributed by atoms with Gasteiger partial charge < -0.3 is 35.8 Å². The number of hydrogen-bond donors (Lipinski definition) is 5. The number of benzene rings is 2. The molecule has 40 heavy (non-hydrogen) atoms. The van der Waals surface area contributed by atoms with Gasteiger partial charge in [0.15, 0.2) is 17.2 Å². The van der Waals surface area contributed by atoms with Gasteiger partial charge in [0, 0.05) is 28.7 Å². The summed E-state index contributed by atoms with van der Waals surface area (Å²) in [4.78, 5) is 52.6. The van der Waals surface area contributed by atoms with Gasteiger partial charge in [-0.25, -0.2) is 0 Å². The van der Waals surface area contributed by atoms with E-state index in [-0.39, 0.29) is 29.7 Å². The molecular weight excluding hydrogens is 520 g/mol. The second-order valence-electron chi connectivity index (χ2n) is 10.9. The molecule has 0 bridgehead atoms. The molecule has 2 unspecified atom stereocenters. The number of aromatic hydroxyl groups is 1. The molecule has 2 aromatic rings. The second-order valence-corrected chi connectivity index (χ2v) is 10.9. The lowest BCUT2D eigenvalue weighted by Gasteiger charge is -2.53. The Morgan fingerprint density at radius 2 is 1.85 bits per heavy atom. The van der Waals surface area contributed by atoms with E-state index >= 15 is 0 Å². The van der Waals surface area contributed by atoms with Gasteiger partial charge in [-0.05, 0) is 68.2 Å². The summed E-state index contributed by atoms with van der Waals surface area (Å²) in [5.74, 6) is -7.56. The van der Waals surface area contributed by atoms with Crippen molar-refractivity contribution in [1.82, 2.24) is 4.90 Å². The highest BCUT2D eigenvalue weighted by Crippen LogP contribution is 2.53. The van der Waals surface area contributed by atoms with Crippen LogP contribution in [0.5, 0.6) is 11.5 Å². The van der Waals surface area contributed by atoms with E-state index in [4.69, 9.17) is 10.5 Å². The Hall–Kier alpha value is -4.06. The predicted molar refractivity (Wildman–Crippen MR) is 141 cm³/mol. The number of Topliss-reactive ketones (excluding diaryl/α,β-unsaturated/α-hetero) is 2. The number of ether oxygens (including phenoxy) is 1. The average Bonchev–Trinajstić information content (AvgIpc) is 2.90. The number of methoxy groups -OCH3 is 1. The number of ketones is 2. The highest BCUT2D eigenvalue weighted by atomic mass is 16.5. The Morgan fingerprint density at radius 3 is 2.45 bits per heavy atom. The molecule has 0 heterocycles. The van der Waals surface area contributed by atoms with Gasteiger partial charge in [-0.2, -0.15) is 0 Å². The molecule has 2 aromatic carbocycles. The Labute approximate surface area is 229 Å². The number of amides is 1. The fraction of sp³-hybridized carbons (Fsp3) is 0.379. The monoisotopic (exact) mass is 550 g/mol. The summed E-state index contributed by atoms with van der Waals surface area (Å²) in [5, 5.41) is 45.0. The summed E-state index contributed by atoms with van der Waals surface area (Å²) < 4.78 is 5.49. The maximum absolute atomic E-state index is 13.9. The molecule has 210 valence electrons. The molecule has 6 N–H and O–H groups in total. The average molecular weight is 551 g/mol. The number of likely N-dealkylation sites (N-methyl/N-ethyl adjacent to an activating group) is 1. The molecule has 0 saturated heterocycles. The van der Waals surface area contributed by atoms with Crippen molar-refractivity contribution in [2.24, 2.45) is 23.5 Å². The molecule has 6 atom stereocenters. The minimum atomic E-state index is -2.65. The number of phenolic OH excluding ortho intramolecular Hbond substituents is 1. The van der Waals surface area contributed by atoms with Gasteiger partial charge in [-0.1, -0.05) is 6.07 Å². The van der Waals surface area contributed by atoms with Crippen LogP contribution in [0.15, 0.2) is 41.7 Å². The number of rotatable bonds is 5. The lowest BCUT2D eigenvalue weighted by Crippen LogP contribution is -2.71. The maximum atomic E-state index is 13.9. The van der Waals surface area contributed by atoms with Gasteiger partial charge in [0.1, 0.15) is 29.5 Å². The number of allylic oxidation sites excluding steroid dienone is 1. The van der Waals surface area contributed by atoms with Crippen molar-refractivity contribution >= 4 is 23.8 Å². The molecule has 0 spiro atoms. The van der Waals surface area contributed by atoms with Gasteiger partial charge >= 0.3 is 0 Å². The fourth-order valence-corrected chi connectivity index (χ4v) is 6.87. The first-order valence-corrected chi connectivity index (χ1v) is 12.8. The van der Waals surface area contributed by atoms with E-state index in [9.17, 15) is 39.6 Å². The number of phenols is 1.